The molecule has 1 aromatic heterocycles. The van der Waals surface area contributed by atoms with Crippen molar-refractivity contribution in [2.75, 3.05) is 6.54 Å². The fourth-order valence-corrected chi connectivity index (χ4v) is 1.18. The molecule has 0 aliphatic carbocycles. The Morgan fingerprint density at radius 1 is 1.38 bits per heavy atom. The zero-order chi connectivity index (χ0) is 12.2. The molecule has 0 aliphatic rings. The number of carbonyl (C=O) groups excluding carboxylic acids is 1. The van der Waals surface area contributed by atoms with Crippen molar-refractivity contribution in [2.45, 2.75) is 27.2 Å². The molecule has 0 spiro atoms. The van der Waals surface area contributed by atoms with Gasteiger partial charge >= 0.3 is 0 Å². The lowest BCUT2D eigenvalue weighted by Crippen LogP contribution is -2.28. The molecule has 16 heavy (non-hydrogen) atoms. The van der Waals surface area contributed by atoms with E-state index in [1.54, 1.807) is 12.1 Å². The Morgan fingerprint density at radius 2 is 2.06 bits per heavy atom. The quantitative estimate of drug-likeness (QED) is 0.884. The number of aromatic nitrogens is 2. The molecule has 0 fully saturated rings. The van der Waals surface area contributed by atoms with Crippen LogP contribution in [0.4, 0.5) is 0 Å². The summed E-state index contributed by atoms with van der Waals surface area (Å²) in [6.45, 7) is 7.01. The third-order valence-corrected chi connectivity index (χ3v) is 2.23. The molecule has 0 aromatic carbocycles. The summed E-state index contributed by atoms with van der Waals surface area (Å²) >= 11 is 5.58. The second-order valence-electron chi connectivity index (χ2n) is 4.81. The zero-order valence-electron chi connectivity index (χ0n) is 9.75. The SMILES string of the molecule is CC(C)(C)CCNC(=O)c1ccc(Cl)nn1. The maximum atomic E-state index is 11.6. The van der Waals surface area contributed by atoms with Crippen LogP contribution >= 0.6 is 11.6 Å². The van der Waals surface area contributed by atoms with Crippen LogP contribution in [0, 0.1) is 5.41 Å². The van der Waals surface area contributed by atoms with Crippen molar-refractivity contribution in [1.82, 2.24) is 15.5 Å². The Hall–Kier alpha value is -1.16. The minimum Gasteiger partial charge on any atom is -0.351 e. The maximum Gasteiger partial charge on any atom is 0.271 e. The molecule has 0 saturated heterocycles. The van der Waals surface area contributed by atoms with Crippen molar-refractivity contribution in [1.29, 1.82) is 0 Å². The lowest BCUT2D eigenvalue weighted by atomic mass is 9.92. The van der Waals surface area contributed by atoms with Gasteiger partial charge in [-0.25, -0.2) is 0 Å². The monoisotopic (exact) mass is 241 g/mol. The fraction of sp³-hybridized carbons (Fsp3) is 0.545. The summed E-state index contributed by atoms with van der Waals surface area (Å²) in [5.74, 6) is -0.214. The fourth-order valence-electron chi connectivity index (χ4n) is 1.08. The molecule has 1 rings (SSSR count). The first-order chi connectivity index (χ1) is 7.38. The van der Waals surface area contributed by atoms with Crippen molar-refractivity contribution < 1.29 is 4.79 Å². The minimum absolute atomic E-state index is 0.207. The number of hydrogen-bond acceptors (Lipinski definition) is 3. The molecule has 4 nitrogen and oxygen atoms in total. The van der Waals surface area contributed by atoms with E-state index in [2.05, 4.69) is 36.3 Å². The number of nitrogens with zero attached hydrogens (tertiary/aromatic N) is 2. The second kappa shape index (κ2) is 5.25. The number of hydrogen-bond donors (Lipinski definition) is 1. The Labute approximate surface area is 100 Å². The number of halogens is 1. The highest BCUT2D eigenvalue weighted by molar-refractivity contribution is 6.29. The van der Waals surface area contributed by atoms with E-state index in [4.69, 9.17) is 11.6 Å². The van der Waals surface area contributed by atoms with E-state index in [0.717, 1.165) is 6.42 Å². The van der Waals surface area contributed by atoms with Crippen LogP contribution in [0.15, 0.2) is 12.1 Å². The first-order valence-corrected chi connectivity index (χ1v) is 5.54. The molecule has 1 N–H and O–H groups in total. The molecular formula is C11H16ClN3O. The molecule has 0 saturated carbocycles. The Morgan fingerprint density at radius 3 is 2.56 bits per heavy atom. The summed E-state index contributed by atoms with van der Waals surface area (Å²) in [7, 11) is 0. The van der Waals surface area contributed by atoms with Gasteiger partial charge in [-0.15, -0.1) is 10.2 Å². The van der Waals surface area contributed by atoms with Crippen molar-refractivity contribution >= 4 is 17.5 Å². The van der Waals surface area contributed by atoms with Gasteiger partial charge in [0.15, 0.2) is 10.8 Å². The van der Waals surface area contributed by atoms with E-state index in [1.807, 2.05) is 0 Å². The molecule has 0 unspecified atom stereocenters. The molecule has 1 aromatic rings. The van der Waals surface area contributed by atoms with Crippen LogP contribution < -0.4 is 5.32 Å². The Bertz CT molecular complexity index is 356. The molecular weight excluding hydrogens is 226 g/mol. The van der Waals surface area contributed by atoms with E-state index < -0.39 is 0 Å². The normalized spacial score (nSPS) is 11.2. The van der Waals surface area contributed by atoms with Gasteiger partial charge in [-0.05, 0) is 24.0 Å². The molecule has 88 valence electrons. The van der Waals surface area contributed by atoms with Gasteiger partial charge in [-0.1, -0.05) is 32.4 Å². The lowest BCUT2D eigenvalue weighted by molar-refractivity contribution is 0.0943. The number of amides is 1. The van der Waals surface area contributed by atoms with Gasteiger partial charge in [-0.2, -0.15) is 0 Å². The highest BCUT2D eigenvalue weighted by Crippen LogP contribution is 2.16. The number of rotatable bonds is 3. The van der Waals surface area contributed by atoms with Crippen LogP contribution in [0.5, 0.6) is 0 Å². The smallest absolute Gasteiger partial charge is 0.271 e. The molecule has 5 heteroatoms. The summed E-state index contributed by atoms with van der Waals surface area (Å²) in [4.78, 5) is 11.6. The van der Waals surface area contributed by atoms with E-state index in [0.29, 0.717) is 12.2 Å². The standard InChI is InChI=1S/C11H16ClN3O/c1-11(2,3)6-7-13-10(16)8-4-5-9(12)15-14-8/h4-5H,6-7H2,1-3H3,(H,13,16). The Balaban J connectivity index is 2.44. The number of carbonyl (C=O) groups is 1. The third kappa shape index (κ3) is 4.57. The summed E-state index contributed by atoms with van der Waals surface area (Å²) < 4.78 is 0. The summed E-state index contributed by atoms with van der Waals surface area (Å²) in [5.41, 5.74) is 0.497. The average molecular weight is 242 g/mol. The van der Waals surface area contributed by atoms with Crippen LogP contribution in [0.2, 0.25) is 5.15 Å². The van der Waals surface area contributed by atoms with Gasteiger partial charge in [0.2, 0.25) is 0 Å². The molecule has 0 bridgehead atoms. The van der Waals surface area contributed by atoms with E-state index in [-0.39, 0.29) is 16.5 Å². The first kappa shape index (κ1) is 12.9. The highest BCUT2D eigenvalue weighted by atomic mass is 35.5. The number of nitrogens with one attached hydrogen (secondary N) is 1. The molecule has 1 amide bonds. The summed E-state index contributed by atoms with van der Waals surface area (Å²) in [6, 6.07) is 3.11. The van der Waals surface area contributed by atoms with Crippen LogP contribution in [0.3, 0.4) is 0 Å². The second-order valence-corrected chi connectivity index (χ2v) is 5.20. The largest absolute Gasteiger partial charge is 0.351 e. The van der Waals surface area contributed by atoms with Crippen molar-refractivity contribution in [3.63, 3.8) is 0 Å². The van der Waals surface area contributed by atoms with Crippen molar-refractivity contribution in [3.8, 4) is 0 Å². The predicted octanol–water partition coefficient (Wildman–Crippen LogP) is 2.30. The molecule has 0 aliphatic heterocycles. The highest BCUT2D eigenvalue weighted by Gasteiger charge is 2.12. The van der Waals surface area contributed by atoms with Gasteiger partial charge in [0.05, 0.1) is 0 Å². The lowest BCUT2D eigenvalue weighted by Gasteiger charge is -2.17. The van der Waals surface area contributed by atoms with Crippen LogP contribution in [0.1, 0.15) is 37.7 Å². The van der Waals surface area contributed by atoms with Gasteiger partial charge in [0.25, 0.3) is 5.91 Å². The topological polar surface area (TPSA) is 54.9 Å². The van der Waals surface area contributed by atoms with Gasteiger partial charge < -0.3 is 5.32 Å². The average Bonchev–Trinajstić information content (AvgIpc) is 2.16. The Kier molecular flexibility index (Phi) is 4.24. The van der Waals surface area contributed by atoms with Gasteiger partial charge in [0.1, 0.15) is 0 Å². The van der Waals surface area contributed by atoms with Crippen LogP contribution in [-0.4, -0.2) is 22.6 Å². The van der Waals surface area contributed by atoms with Gasteiger partial charge in [-0.3, -0.25) is 4.79 Å². The predicted molar refractivity (Wildman–Crippen MR) is 63.4 cm³/mol. The molecule has 1 heterocycles. The van der Waals surface area contributed by atoms with Crippen LogP contribution in [-0.2, 0) is 0 Å². The minimum atomic E-state index is -0.214. The zero-order valence-corrected chi connectivity index (χ0v) is 10.5. The van der Waals surface area contributed by atoms with Gasteiger partial charge in [0, 0.05) is 6.54 Å². The van der Waals surface area contributed by atoms with E-state index in [9.17, 15) is 4.79 Å². The molecule has 0 atom stereocenters. The summed E-state index contributed by atoms with van der Waals surface area (Å²) in [5, 5.41) is 10.4. The summed E-state index contributed by atoms with van der Waals surface area (Å²) in [6.07, 6.45) is 0.916. The molecule has 0 radical (unpaired) electrons. The first-order valence-electron chi connectivity index (χ1n) is 5.16. The third-order valence-electron chi connectivity index (χ3n) is 2.03. The maximum absolute atomic E-state index is 11.6. The van der Waals surface area contributed by atoms with E-state index >= 15 is 0 Å². The van der Waals surface area contributed by atoms with Crippen LogP contribution in [0.25, 0.3) is 0 Å². The van der Waals surface area contributed by atoms with Crippen molar-refractivity contribution in [2.24, 2.45) is 5.41 Å². The van der Waals surface area contributed by atoms with Crippen molar-refractivity contribution in [3.05, 3.63) is 23.0 Å². The van der Waals surface area contributed by atoms with E-state index in [1.165, 1.54) is 0 Å².